The first kappa shape index (κ1) is 27.5. The Morgan fingerprint density at radius 2 is 1.88 bits per heavy atom. The van der Waals surface area contributed by atoms with Gasteiger partial charge in [0.2, 0.25) is 5.88 Å². The number of aliphatic hydroxyl groups excluding tert-OH is 1. The molecule has 0 fully saturated rings. The van der Waals surface area contributed by atoms with E-state index in [4.69, 9.17) is 9.47 Å². The van der Waals surface area contributed by atoms with E-state index in [1.54, 1.807) is 57.2 Å². The second-order valence-electron chi connectivity index (χ2n) is 10.4. The summed E-state index contributed by atoms with van der Waals surface area (Å²) in [6.07, 6.45) is -2.25. The van der Waals surface area contributed by atoms with Crippen LogP contribution in [-0.4, -0.2) is 52.4 Å². The van der Waals surface area contributed by atoms with Gasteiger partial charge in [-0.2, -0.15) is 4.98 Å². The molecule has 0 spiro atoms. The Bertz CT molecular complexity index is 1680. The van der Waals surface area contributed by atoms with Gasteiger partial charge in [-0.25, -0.2) is 26.6 Å². The Balaban J connectivity index is 1.72. The van der Waals surface area contributed by atoms with E-state index in [1.165, 1.54) is 25.3 Å². The molecule has 5 rings (SSSR count). The van der Waals surface area contributed by atoms with Crippen molar-refractivity contribution in [1.82, 2.24) is 19.3 Å². The van der Waals surface area contributed by atoms with Crippen molar-refractivity contribution in [3.05, 3.63) is 71.5 Å². The quantitative estimate of drug-likeness (QED) is 0.352. The summed E-state index contributed by atoms with van der Waals surface area (Å²) in [6, 6.07) is 13.3. The molecule has 2 aromatic heterocycles. The number of amides is 1. The minimum Gasteiger partial charge on any atom is -0.481 e. The number of aliphatic hydroxyl groups is 1. The largest absolute Gasteiger partial charge is 0.481 e. The predicted molar refractivity (Wildman–Crippen MR) is 145 cm³/mol. The van der Waals surface area contributed by atoms with E-state index in [-0.39, 0.29) is 34.4 Å². The molecule has 0 unspecified atom stereocenters. The summed E-state index contributed by atoms with van der Waals surface area (Å²) >= 11 is 0. The van der Waals surface area contributed by atoms with Crippen LogP contribution >= 0.6 is 0 Å². The van der Waals surface area contributed by atoms with Gasteiger partial charge in [0.15, 0.2) is 5.82 Å². The van der Waals surface area contributed by atoms with Gasteiger partial charge in [0.05, 0.1) is 35.0 Å². The van der Waals surface area contributed by atoms with Crippen LogP contribution in [0.5, 0.6) is 5.88 Å². The highest BCUT2D eigenvalue weighted by Crippen LogP contribution is 2.42. The molecule has 2 aromatic carbocycles. The number of ether oxygens (including phenoxy) is 2. The van der Waals surface area contributed by atoms with Crippen molar-refractivity contribution in [2.24, 2.45) is 0 Å². The van der Waals surface area contributed by atoms with Gasteiger partial charge in [-0.1, -0.05) is 24.3 Å². The number of fused-ring (bicyclic) bond motifs is 3. The molecule has 40 heavy (non-hydrogen) atoms. The van der Waals surface area contributed by atoms with Crippen LogP contribution < -0.4 is 10.1 Å². The van der Waals surface area contributed by atoms with Gasteiger partial charge in [0.1, 0.15) is 18.4 Å². The molecule has 0 bridgehead atoms. The topological polar surface area (TPSA) is 133 Å². The van der Waals surface area contributed by atoms with Gasteiger partial charge in [-0.05, 0) is 56.2 Å². The Labute approximate surface area is 230 Å². The van der Waals surface area contributed by atoms with Crippen molar-refractivity contribution in [2.75, 3.05) is 7.11 Å². The maximum atomic E-state index is 15.4. The number of alkyl carbamates (subject to hydrolysis) is 1. The molecule has 0 saturated carbocycles. The molecule has 0 radical (unpaired) electrons. The van der Waals surface area contributed by atoms with Crippen molar-refractivity contribution < 1.29 is 32.2 Å². The van der Waals surface area contributed by atoms with Crippen LogP contribution in [0.25, 0.3) is 22.3 Å². The highest BCUT2D eigenvalue weighted by atomic mass is 32.2. The number of carbonyl (C=O) groups is 1. The summed E-state index contributed by atoms with van der Waals surface area (Å²) in [6.45, 7) is 4.65. The lowest BCUT2D eigenvalue weighted by molar-refractivity contribution is 0.0479. The van der Waals surface area contributed by atoms with Crippen molar-refractivity contribution >= 4 is 27.0 Å². The molecular formula is C28H29FN4O6S. The lowest BCUT2D eigenvalue weighted by Gasteiger charge is -2.23. The SMILES string of the molecule is COc1cc(-c2cc3c4c(ccc3n2S(=O)(=O)c2ccccc2)[C@H](NC(=O)OC(C)(C)C)[C@H](F)C4)nc(CO)n1. The van der Waals surface area contributed by atoms with Crippen molar-refractivity contribution in [3.63, 3.8) is 0 Å². The number of hydrogen-bond donors (Lipinski definition) is 2. The third kappa shape index (κ3) is 5.00. The fourth-order valence-electron chi connectivity index (χ4n) is 4.88. The van der Waals surface area contributed by atoms with Crippen LogP contribution in [0.3, 0.4) is 0 Å². The number of benzene rings is 2. The third-order valence-electron chi connectivity index (χ3n) is 6.50. The van der Waals surface area contributed by atoms with Crippen LogP contribution in [-0.2, 0) is 27.8 Å². The van der Waals surface area contributed by atoms with Gasteiger partial charge in [-0.3, -0.25) is 0 Å². The molecule has 1 aliphatic rings. The van der Waals surface area contributed by atoms with Gasteiger partial charge in [0.25, 0.3) is 10.0 Å². The third-order valence-corrected chi connectivity index (χ3v) is 8.24. The molecule has 210 valence electrons. The molecule has 10 nitrogen and oxygen atoms in total. The van der Waals surface area contributed by atoms with Crippen molar-refractivity contribution in [3.8, 4) is 17.3 Å². The summed E-state index contributed by atoms with van der Waals surface area (Å²) in [4.78, 5) is 20.9. The maximum Gasteiger partial charge on any atom is 0.408 e. The van der Waals surface area contributed by atoms with E-state index >= 15 is 4.39 Å². The zero-order valence-electron chi connectivity index (χ0n) is 22.4. The second-order valence-corrected chi connectivity index (χ2v) is 12.2. The minimum atomic E-state index is -4.15. The maximum absolute atomic E-state index is 15.4. The molecule has 1 amide bonds. The summed E-state index contributed by atoms with van der Waals surface area (Å²) in [5.74, 6) is 0.178. The number of hydrogen-bond acceptors (Lipinski definition) is 8. The van der Waals surface area contributed by atoms with E-state index in [0.29, 0.717) is 22.0 Å². The van der Waals surface area contributed by atoms with E-state index in [1.807, 2.05) is 0 Å². The molecular weight excluding hydrogens is 539 g/mol. The monoisotopic (exact) mass is 568 g/mol. The first-order chi connectivity index (χ1) is 18.9. The van der Waals surface area contributed by atoms with Gasteiger partial charge >= 0.3 is 6.09 Å². The standard InChI is InChI=1S/C28H29FN4O6S/c1-28(2,3)39-27(35)32-26-17-10-11-22-19(18(17)12-20(26)29)13-23(21-14-25(38-4)31-24(15-34)30-21)33(22)40(36,37)16-8-6-5-7-9-16/h5-11,13-14,20,26,34H,12,15H2,1-4H3,(H,32,35)/t20-,26+/m1/s1. The lowest BCUT2D eigenvalue weighted by atomic mass is 10.0. The van der Waals surface area contributed by atoms with Crippen LogP contribution in [0.4, 0.5) is 9.18 Å². The zero-order chi connectivity index (χ0) is 28.8. The molecule has 0 saturated heterocycles. The number of nitrogens with one attached hydrogen (secondary N) is 1. The van der Waals surface area contributed by atoms with E-state index in [2.05, 4.69) is 15.3 Å². The van der Waals surface area contributed by atoms with E-state index < -0.39 is 40.5 Å². The van der Waals surface area contributed by atoms with Crippen LogP contribution in [0.15, 0.2) is 59.5 Å². The lowest BCUT2D eigenvalue weighted by Crippen LogP contribution is -2.37. The Hall–Kier alpha value is -4.03. The number of halogens is 1. The van der Waals surface area contributed by atoms with Crippen molar-refractivity contribution in [2.45, 2.75) is 56.5 Å². The number of alkyl halides is 1. The zero-order valence-corrected chi connectivity index (χ0v) is 23.2. The van der Waals surface area contributed by atoms with Crippen LogP contribution in [0.2, 0.25) is 0 Å². The van der Waals surface area contributed by atoms with E-state index in [9.17, 15) is 18.3 Å². The summed E-state index contributed by atoms with van der Waals surface area (Å²) in [5.41, 5.74) is 1.03. The van der Waals surface area contributed by atoms with Crippen LogP contribution in [0, 0.1) is 0 Å². The molecule has 2 N–H and O–H groups in total. The fraction of sp³-hybridized carbons (Fsp3) is 0.321. The smallest absolute Gasteiger partial charge is 0.408 e. The van der Waals surface area contributed by atoms with Gasteiger partial charge in [0, 0.05) is 17.9 Å². The summed E-state index contributed by atoms with van der Waals surface area (Å²) in [7, 11) is -2.76. The Kier molecular flexibility index (Phi) is 7.01. The van der Waals surface area contributed by atoms with E-state index in [0.717, 1.165) is 3.97 Å². The molecule has 2 heterocycles. The highest BCUT2D eigenvalue weighted by molar-refractivity contribution is 7.90. The summed E-state index contributed by atoms with van der Waals surface area (Å²) < 4.78 is 55.1. The van der Waals surface area contributed by atoms with Crippen molar-refractivity contribution in [1.29, 1.82) is 0 Å². The van der Waals surface area contributed by atoms with Crippen LogP contribution in [0.1, 0.15) is 43.8 Å². The first-order valence-electron chi connectivity index (χ1n) is 12.6. The minimum absolute atomic E-state index is 0.0407. The Morgan fingerprint density at radius 1 is 1.15 bits per heavy atom. The number of methoxy groups -OCH3 is 1. The molecule has 12 heteroatoms. The molecule has 2 atom stereocenters. The van der Waals surface area contributed by atoms with Gasteiger partial charge in [-0.15, -0.1) is 0 Å². The highest BCUT2D eigenvalue weighted by Gasteiger charge is 2.37. The summed E-state index contributed by atoms with van der Waals surface area (Å²) in [5, 5.41) is 12.8. The predicted octanol–water partition coefficient (Wildman–Crippen LogP) is 4.30. The average Bonchev–Trinajstić information content (AvgIpc) is 3.46. The second kappa shape index (κ2) is 10.2. The average molecular weight is 569 g/mol. The normalized spacial score (nSPS) is 17.1. The number of aromatic nitrogens is 3. The number of carbonyl (C=O) groups excluding carboxylic acids is 1. The first-order valence-corrected chi connectivity index (χ1v) is 14.0. The fourth-order valence-corrected chi connectivity index (χ4v) is 6.41. The van der Waals surface area contributed by atoms with Gasteiger partial charge < -0.3 is 19.9 Å². The number of rotatable bonds is 6. The Morgan fingerprint density at radius 3 is 2.52 bits per heavy atom. The molecule has 1 aliphatic carbocycles. The molecule has 4 aromatic rings. The number of nitrogens with zero attached hydrogens (tertiary/aromatic N) is 3. The molecule has 0 aliphatic heterocycles.